The summed E-state index contributed by atoms with van der Waals surface area (Å²) >= 11 is 2.06. The van der Waals surface area contributed by atoms with Gasteiger partial charge in [-0.25, -0.2) is 4.79 Å². The van der Waals surface area contributed by atoms with Crippen LogP contribution in [0.3, 0.4) is 0 Å². The summed E-state index contributed by atoms with van der Waals surface area (Å²) < 4.78 is 16.1. The van der Waals surface area contributed by atoms with Crippen molar-refractivity contribution in [1.29, 1.82) is 0 Å². The van der Waals surface area contributed by atoms with Gasteiger partial charge in [0.1, 0.15) is 11.3 Å². The Labute approximate surface area is 126 Å². The van der Waals surface area contributed by atoms with Gasteiger partial charge in [-0.15, -0.1) is 0 Å². The molecule has 1 rings (SSSR count). The van der Waals surface area contributed by atoms with Gasteiger partial charge in [0.05, 0.1) is 14.2 Å². The van der Waals surface area contributed by atoms with Crippen LogP contribution in [0, 0.1) is 3.57 Å². The maximum atomic E-state index is 11.8. The van der Waals surface area contributed by atoms with E-state index in [0.29, 0.717) is 11.6 Å². The molecule has 1 aromatic rings. The Morgan fingerprint density at radius 2 is 1.95 bits per heavy atom. The highest BCUT2D eigenvalue weighted by atomic mass is 127. The van der Waals surface area contributed by atoms with Crippen molar-refractivity contribution >= 4 is 34.4 Å². The number of amides is 1. The Balaban J connectivity index is 2.97. The summed E-state index contributed by atoms with van der Waals surface area (Å²) in [5.74, 6) is 0.686. The molecule has 0 aliphatic carbocycles. The molecule has 0 saturated carbocycles. The minimum absolute atomic E-state index is 0.273. The van der Waals surface area contributed by atoms with E-state index in [-0.39, 0.29) is 5.88 Å². The Kier molecular flexibility index (Phi) is 5.21. The normalized spacial score (nSPS) is 10.8. The summed E-state index contributed by atoms with van der Waals surface area (Å²) in [4.78, 5) is 15.9. The first-order valence-corrected chi connectivity index (χ1v) is 6.63. The number of hydrogen-bond donors (Lipinski definition) is 1. The van der Waals surface area contributed by atoms with Crippen molar-refractivity contribution in [3.8, 4) is 11.8 Å². The second kappa shape index (κ2) is 6.27. The molecule has 0 aliphatic heterocycles. The Morgan fingerprint density at radius 3 is 2.42 bits per heavy atom. The molecule has 0 radical (unpaired) electrons. The number of aromatic nitrogens is 1. The number of halogens is 1. The second-order valence-electron chi connectivity index (χ2n) is 4.66. The van der Waals surface area contributed by atoms with Crippen LogP contribution in [0.1, 0.15) is 20.8 Å². The number of carbonyl (C=O) groups excluding carboxylic acids is 1. The minimum atomic E-state index is -0.567. The van der Waals surface area contributed by atoms with Crippen LogP contribution in [0.15, 0.2) is 6.07 Å². The van der Waals surface area contributed by atoms with Gasteiger partial charge < -0.3 is 14.2 Å². The number of methoxy groups -OCH3 is 2. The molecule has 1 amide bonds. The van der Waals surface area contributed by atoms with Crippen LogP contribution in [0.5, 0.6) is 11.8 Å². The maximum absolute atomic E-state index is 11.8. The summed E-state index contributed by atoms with van der Waals surface area (Å²) in [6, 6.07) is 1.69. The van der Waals surface area contributed by atoms with E-state index in [1.807, 2.05) is 0 Å². The fraction of sp³-hybridized carbons (Fsp3) is 0.500. The Morgan fingerprint density at radius 1 is 1.32 bits per heavy atom. The van der Waals surface area contributed by atoms with Crippen molar-refractivity contribution in [2.24, 2.45) is 0 Å². The molecule has 0 fully saturated rings. The van der Waals surface area contributed by atoms with Gasteiger partial charge in [-0.2, -0.15) is 4.98 Å². The van der Waals surface area contributed by atoms with Gasteiger partial charge in [0.2, 0.25) is 11.8 Å². The van der Waals surface area contributed by atoms with Gasteiger partial charge >= 0.3 is 6.09 Å². The average molecular weight is 380 g/mol. The van der Waals surface area contributed by atoms with E-state index in [1.54, 1.807) is 26.8 Å². The summed E-state index contributed by atoms with van der Waals surface area (Å²) in [6.07, 6.45) is -0.560. The lowest BCUT2D eigenvalue weighted by Crippen LogP contribution is -2.27. The van der Waals surface area contributed by atoms with Crippen LogP contribution in [-0.4, -0.2) is 30.9 Å². The van der Waals surface area contributed by atoms with Crippen LogP contribution in [0.4, 0.5) is 10.5 Å². The highest BCUT2D eigenvalue weighted by Crippen LogP contribution is 2.31. The number of rotatable bonds is 3. The Hall–Kier alpha value is -1.25. The molecule has 19 heavy (non-hydrogen) atoms. The van der Waals surface area contributed by atoms with Crippen LogP contribution in [-0.2, 0) is 4.74 Å². The van der Waals surface area contributed by atoms with Crippen LogP contribution in [0.2, 0.25) is 0 Å². The molecule has 1 N–H and O–H groups in total. The molecule has 106 valence electrons. The highest BCUT2D eigenvalue weighted by molar-refractivity contribution is 14.1. The zero-order valence-corrected chi connectivity index (χ0v) is 13.7. The molecule has 0 unspecified atom stereocenters. The average Bonchev–Trinajstić information content (AvgIpc) is 2.29. The van der Waals surface area contributed by atoms with Crippen LogP contribution in [0.25, 0.3) is 0 Å². The number of pyridine rings is 1. The van der Waals surface area contributed by atoms with Crippen molar-refractivity contribution in [3.05, 3.63) is 9.64 Å². The van der Waals surface area contributed by atoms with Crippen LogP contribution < -0.4 is 14.8 Å². The molecule has 0 bridgehead atoms. The minimum Gasteiger partial charge on any atom is -0.481 e. The zero-order chi connectivity index (χ0) is 14.6. The Bertz CT molecular complexity index is 472. The van der Waals surface area contributed by atoms with Gasteiger partial charge in [-0.1, -0.05) is 0 Å². The molecule has 0 spiro atoms. The summed E-state index contributed by atoms with van der Waals surface area (Å²) in [7, 11) is 2.98. The van der Waals surface area contributed by atoms with Crippen molar-refractivity contribution in [3.63, 3.8) is 0 Å². The first kappa shape index (κ1) is 15.8. The molecule has 1 aromatic heterocycles. The third-order valence-corrected chi connectivity index (χ3v) is 2.79. The predicted molar refractivity (Wildman–Crippen MR) is 79.9 cm³/mol. The molecule has 0 saturated heterocycles. The van der Waals surface area contributed by atoms with E-state index in [4.69, 9.17) is 14.2 Å². The van der Waals surface area contributed by atoms with Gasteiger partial charge in [0, 0.05) is 9.64 Å². The van der Waals surface area contributed by atoms with Gasteiger partial charge in [0.15, 0.2) is 0 Å². The monoisotopic (exact) mass is 380 g/mol. The molecule has 0 aromatic carbocycles. The number of anilines is 1. The topological polar surface area (TPSA) is 69.7 Å². The fourth-order valence-corrected chi connectivity index (χ4v) is 1.87. The number of carbonyl (C=O) groups is 1. The molecule has 0 aliphatic rings. The van der Waals surface area contributed by atoms with Crippen molar-refractivity contribution in [2.75, 3.05) is 19.5 Å². The lowest BCUT2D eigenvalue weighted by atomic mass is 10.2. The SMILES string of the molecule is COc1cc(I)c(NC(=O)OC(C)(C)C)c(OC)n1. The number of hydrogen-bond acceptors (Lipinski definition) is 5. The fourth-order valence-electron chi connectivity index (χ4n) is 1.24. The first-order valence-electron chi connectivity index (χ1n) is 5.55. The van der Waals surface area contributed by atoms with Gasteiger partial charge in [-0.3, -0.25) is 5.32 Å². The summed E-state index contributed by atoms with van der Waals surface area (Å²) in [6.45, 7) is 5.38. The molecule has 0 atom stereocenters. The summed E-state index contributed by atoms with van der Waals surface area (Å²) in [5.41, 5.74) is -0.110. The molecule has 6 nitrogen and oxygen atoms in total. The third kappa shape index (κ3) is 4.73. The lowest BCUT2D eigenvalue weighted by molar-refractivity contribution is 0.0635. The van der Waals surface area contributed by atoms with E-state index in [0.717, 1.165) is 3.57 Å². The quantitative estimate of drug-likeness (QED) is 0.817. The van der Waals surface area contributed by atoms with E-state index in [1.165, 1.54) is 14.2 Å². The number of ether oxygens (including phenoxy) is 3. The molecule has 7 heteroatoms. The number of nitrogens with zero attached hydrogens (tertiary/aromatic N) is 1. The van der Waals surface area contributed by atoms with Crippen molar-refractivity contribution in [1.82, 2.24) is 4.98 Å². The standard InChI is InChI=1S/C12H17IN2O4/c1-12(2,3)19-11(16)15-9-7(13)6-8(17-4)14-10(9)18-5/h6H,1-5H3,(H,15,16). The van der Waals surface area contributed by atoms with Gasteiger partial charge in [0.25, 0.3) is 0 Å². The smallest absolute Gasteiger partial charge is 0.412 e. The zero-order valence-electron chi connectivity index (χ0n) is 11.5. The van der Waals surface area contributed by atoms with Crippen molar-refractivity contribution < 1.29 is 19.0 Å². The highest BCUT2D eigenvalue weighted by Gasteiger charge is 2.20. The third-order valence-electron chi connectivity index (χ3n) is 1.94. The second-order valence-corrected chi connectivity index (χ2v) is 5.82. The first-order chi connectivity index (χ1) is 8.76. The lowest BCUT2D eigenvalue weighted by Gasteiger charge is -2.20. The van der Waals surface area contributed by atoms with E-state index < -0.39 is 11.7 Å². The molecular weight excluding hydrogens is 363 g/mol. The maximum Gasteiger partial charge on any atom is 0.412 e. The molecule has 1 heterocycles. The van der Waals surface area contributed by atoms with Gasteiger partial charge in [-0.05, 0) is 43.4 Å². The van der Waals surface area contributed by atoms with E-state index in [9.17, 15) is 4.79 Å². The van der Waals surface area contributed by atoms with Crippen LogP contribution >= 0.6 is 22.6 Å². The summed E-state index contributed by atoms with van der Waals surface area (Å²) in [5, 5.41) is 2.63. The number of nitrogens with one attached hydrogen (secondary N) is 1. The largest absolute Gasteiger partial charge is 0.481 e. The molecular formula is C12H17IN2O4. The van der Waals surface area contributed by atoms with E-state index in [2.05, 4.69) is 32.9 Å². The van der Waals surface area contributed by atoms with Crippen molar-refractivity contribution in [2.45, 2.75) is 26.4 Å². The predicted octanol–water partition coefficient (Wildman–Crippen LogP) is 3.05. The van der Waals surface area contributed by atoms with E-state index >= 15 is 0 Å².